The van der Waals surface area contributed by atoms with Gasteiger partial charge in [-0.1, -0.05) is 17.3 Å². The summed E-state index contributed by atoms with van der Waals surface area (Å²) in [7, 11) is 0. The maximum atomic E-state index is 5.19. The maximum Gasteiger partial charge on any atom is 0.293 e. The molecule has 0 bridgehead atoms. The summed E-state index contributed by atoms with van der Waals surface area (Å²) in [6.07, 6.45) is 1.57. The monoisotopic (exact) mass is 338 g/mol. The number of nitrogens with zero attached hydrogens (tertiary/aromatic N) is 2. The molecule has 0 atom stereocenters. The van der Waals surface area contributed by atoms with E-state index in [1.165, 1.54) is 3.57 Å². The topological polar surface area (TPSA) is 52.1 Å². The highest BCUT2D eigenvalue weighted by Gasteiger charge is 2.12. The zero-order valence-corrected chi connectivity index (χ0v) is 10.8. The average molecular weight is 338 g/mol. The van der Waals surface area contributed by atoms with Gasteiger partial charge in [-0.2, -0.15) is 4.98 Å². The molecule has 1 aromatic carbocycles. The first kappa shape index (κ1) is 10.5. The minimum atomic E-state index is 0.392. The number of furan rings is 1. The fourth-order valence-corrected chi connectivity index (χ4v) is 1.80. The molecule has 0 aliphatic carbocycles. The average Bonchev–Trinajstić information content (AvgIpc) is 3.00. The first-order valence-corrected chi connectivity index (χ1v) is 6.04. The van der Waals surface area contributed by atoms with Crippen molar-refractivity contribution in [3.8, 4) is 23.0 Å². The van der Waals surface area contributed by atoms with Crippen LogP contribution in [0.4, 0.5) is 0 Å². The largest absolute Gasteiger partial charge is 0.459 e. The van der Waals surface area contributed by atoms with Crippen molar-refractivity contribution in [2.24, 2.45) is 0 Å². The second-order valence-corrected chi connectivity index (χ2v) is 4.65. The molecule has 2 aromatic heterocycles. The number of benzene rings is 1. The summed E-state index contributed by atoms with van der Waals surface area (Å²) >= 11 is 2.25. The van der Waals surface area contributed by atoms with Crippen molar-refractivity contribution in [1.82, 2.24) is 10.1 Å². The molecule has 4 nitrogen and oxygen atoms in total. The Morgan fingerprint density at radius 2 is 1.88 bits per heavy atom. The Balaban J connectivity index is 1.98. The number of aromatic nitrogens is 2. The third kappa shape index (κ3) is 2.10. The van der Waals surface area contributed by atoms with Crippen LogP contribution in [0.1, 0.15) is 0 Å². The Kier molecular flexibility index (Phi) is 2.68. The van der Waals surface area contributed by atoms with Gasteiger partial charge in [0.1, 0.15) is 0 Å². The van der Waals surface area contributed by atoms with Gasteiger partial charge in [-0.05, 0) is 46.9 Å². The Hall–Kier alpha value is -1.63. The van der Waals surface area contributed by atoms with Gasteiger partial charge >= 0.3 is 0 Å². The number of hydrogen-bond donors (Lipinski definition) is 0. The normalized spacial score (nSPS) is 10.6. The van der Waals surface area contributed by atoms with Crippen LogP contribution >= 0.6 is 22.6 Å². The summed E-state index contributed by atoms with van der Waals surface area (Å²) in [5, 5.41) is 3.92. The van der Waals surface area contributed by atoms with E-state index in [4.69, 9.17) is 8.94 Å². The smallest absolute Gasteiger partial charge is 0.293 e. The molecular formula is C12H7IN2O2. The van der Waals surface area contributed by atoms with Crippen LogP contribution in [0.3, 0.4) is 0 Å². The minimum absolute atomic E-state index is 0.392. The molecular weight excluding hydrogens is 331 g/mol. The van der Waals surface area contributed by atoms with Gasteiger partial charge in [0.05, 0.1) is 6.26 Å². The first-order chi connectivity index (χ1) is 8.33. The predicted molar refractivity (Wildman–Crippen MR) is 70.2 cm³/mol. The molecule has 0 radical (unpaired) electrons. The third-order valence-electron chi connectivity index (χ3n) is 2.26. The summed E-state index contributed by atoms with van der Waals surface area (Å²) in [6.45, 7) is 0. The molecule has 84 valence electrons. The van der Waals surface area contributed by atoms with Gasteiger partial charge < -0.3 is 8.94 Å². The van der Waals surface area contributed by atoms with Gasteiger partial charge in [0.15, 0.2) is 5.76 Å². The predicted octanol–water partition coefficient (Wildman–Crippen LogP) is 3.60. The summed E-state index contributed by atoms with van der Waals surface area (Å²) < 4.78 is 11.5. The van der Waals surface area contributed by atoms with E-state index < -0.39 is 0 Å². The molecule has 3 rings (SSSR count). The summed E-state index contributed by atoms with van der Waals surface area (Å²) in [4.78, 5) is 4.28. The number of halogens is 1. The Labute approximate surface area is 111 Å². The molecule has 5 heteroatoms. The van der Waals surface area contributed by atoms with Crippen molar-refractivity contribution in [3.63, 3.8) is 0 Å². The lowest BCUT2D eigenvalue weighted by atomic mass is 10.2. The molecule has 0 N–H and O–H groups in total. The molecule has 0 aliphatic rings. The molecule has 2 heterocycles. The van der Waals surface area contributed by atoms with Gasteiger partial charge in [0.25, 0.3) is 5.89 Å². The summed E-state index contributed by atoms with van der Waals surface area (Å²) in [5.74, 6) is 1.53. The van der Waals surface area contributed by atoms with Crippen molar-refractivity contribution in [2.75, 3.05) is 0 Å². The summed E-state index contributed by atoms with van der Waals surface area (Å²) in [6, 6.07) is 11.5. The number of hydrogen-bond acceptors (Lipinski definition) is 4. The third-order valence-corrected chi connectivity index (χ3v) is 2.98. The van der Waals surface area contributed by atoms with Gasteiger partial charge in [0, 0.05) is 9.13 Å². The van der Waals surface area contributed by atoms with Crippen LogP contribution in [0.5, 0.6) is 0 Å². The number of rotatable bonds is 2. The van der Waals surface area contributed by atoms with Crippen LogP contribution in [0, 0.1) is 3.57 Å². The van der Waals surface area contributed by atoms with E-state index in [0.29, 0.717) is 17.5 Å². The van der Waals surface area contributed by atoms with Gasteiger partial charge in [-0.3, -0.25) is 0 Å². The quantitative estimate of drug-likeness (QED) is 0.670. The maximum absolute atomic E-state index is 5.19. The van der Waals surface area contributed by atoms with Crippen LogP contribution in [0.15, 0.2) is 51.6 Å². The zero-order chi connectivity index (χ0) is 11.7. The van der Waals surface area contributed by atoms with Gasteiger partial charge in [-0.25, -0.2) is 0 Å². The van der Waals surface area contributed by atoms with E-state index in [0.717, 1.165) is 5.56 Å². The molecule has 17 heavy (non-hydrogen) atoms. The van der Waals surface area contributed by atoms with E-state index in [9.17, 15) is 0 Å². The first-order valence-electron chi connectivity index (χ1n) is 4.96. The van der Waals surface area contributed by atoms with E-state index in [1.54, 1.807) is 18.4 Å². The van der Waals surface area contributed by atoms with E-state index >= 15 is 0 Å². The van der Waals surface area contributed by atoms with Crippen LogP contribution < -0.4 is 0 Å². The molecule has 0 saturated carbocycles. The van der Waals surface area contributed by atoms with Crippen LogP contribution in [0.2, 0.25) is 0 Å². The second kappa shape index (κ2) is 4.33. The lowest BCUT2D eigenvalue weighted by molar-refractivity contribution is 0.417. The lowest BCUT2D eigenvalue weighted by Gasteiger charge is -1.93. The summed E-state index contributed by atoms with van der Waals surface area (Å²) in [5.41, 5.74) is 0.923. The zero-order valence-electron chi connectivity index (χ0n) is 8.63. The van der Waals surface area contributed by atoms with Crippen molar-refractivity contribution in [1.29, 1.82) is 0 Å². The molecule has 0 aliphatic heterocycles. The molecule has 0 fully saturated rings. The van der Waals surface area contributed by atoms with E-state index in [-0.39, 0.29) is 0 Å². The van der Waals surface area contributed by atoms with Gasteiger partial charge in [-0.15, -0.1) is 0 Å². The molecule has 0 amide bonds. The SMILES string of the molecule is Ic1ccc(-c2noc(-c3ccco3)n2)cc1. The lowest BCUT2D eigenvalue weighted by Crippen LogP contribution is -1.80. The Morgan fingerprint density at radius 3 is 2.59 bits per heavy atom. The van der Waals surface area contributed by atoms with E-state index in [1.807, 2.05) is 24.3 Å². The van der Waals surface area contributed by atoms with Crippen molar-refractivity contribution in [3.05, 3.63) is 46.2 Å². The van der Waals surface area contributed by atoms with E-state index in [2.05, 4.69) is 32.7 Å². The highest BCUT2D eigenvalue weighted by molar-refractivity contribution is 14.1. The molecule has 0 unspecified atom stereocenters. The second-order valence-electron chi connectivity index (χ2n) is 3.41. The van der Waals surface area contributed by atoms with Crippen LogP contribution in [-0.2, 0) is 0 Å². The van der Waals surface area contributed by atoms with Crippen molar-refractivity contribution in [2.45, 2.75) is 0 Å². The molecule has 0 saturated heterocycles. The fraction of sp³-hybridized carbons (Fsp3) is 0. The van der Waals surface area contributed by atoms with Crippen molar-refractivity contribution >= 4 is 22.6 Å². The minimum Gasteiger partial charge on any atom is -0.459 e. The standard InChI is InChI=1S/C12H7IN2O2/c13-9-5-3-8(4-6-9)11-14-12(17-15-11)10-2-1-7-16-10/h1-7H. The fourth-order valence-electron chi connectivity index (χ4n) is 1.44. The van der Waals surface area contributed by atoms with Gasteiger partial charge in [0.2, 0.25) is 5.82 Å². The highest BCUT2D eigenvalue weighted by Crippen LogP contribution is 2.22. The van der Waals surface area contributed by atoms with Crippen molar-refractivity contribution < 1.29 is 8.94 Å². The molecule has 0 spiro atoms. The Morgan fingerprint density at radius 1 is 1.06 bits per heavy atom. The Bertz CT molecular complexity index is 614. The highest BCUT2D eigenvalue weighted by atomic mass is 127. The molecule has 3 aromatic rings. The van der Waals surface area contributed by atoms with Crippen LogP contribution in [-0.4, -0.2) is 10.1 Å². The van der Waals surface area contributed by atoms with Crippen LogP contribution in [0.25, 0.3) is 23.0 Å².